The molecule has 1 aromatic rings. The Balaban J connectivity index is 0.000000381. The summed E-state index contributed by atoms with van der Waals surface area (Å²) >= 11 is 0. The highest BCUT2D eigenvalue weighted by molar-refractivity contribution is 5.87. The Morgan fingerprint density at radius 3 is 2.12 bits per heavy atom. The van der Waals surface area contributed by atoms with Crippen molar-refractivity contribution in [3.8, 4) is 0 Å². The van der Waals surface area contributed by atoms with Crippen molar-refractivity contribution in [2.24, 2.45) is 0 Å². The van der Waals surface area contributed by atoms with Crippen LogP contribution in [0.1, 0.15) is 35.7 Å². The fourth-order valence-corrected chi connectivity index (χ4v) is 2.37. The summed E-state index contributed by atoms with van der Waals surface area (Å²) in [7, 11) is 0. The third kappa shape index (κ3) is 7.10. The molecular weight excluding hydrogens is 343 g/mol. The number of hydrogen-bond donors (Lipinski definition) is 3. The quantitative estimate of drug-likeness (QED) is 0.763. The lowest BCUT2D eigenvalue weighted by Crippen LogP contribution is -2.43. The molecule has 0 unspecified atom stereocenters. The number of aliphatic carboxylic acids is 1. The Labute approximate surface area is 142 Å². The first-order valence-corrected chi connectivity index (χ1v) is 7.55. The lowest BCUT2D eigenvalue weighted by Gasteiger charge is -2.36. The summed E-state index contributed by atoms with van der Waals surface area (Å²) < 4.78 is 31.7. The number of aliphatic hydroxyl groups is 1. The molecule has 1 heterocycles. The minimum atomic E-state index is -5.08. The van der Waals surface area contributed by atoms with E-state index in [1.165, 1.54) is 0 Å². The Kier molecular flexibility index (Phi) is 7.38. The average Bonchev–Trinajstić information content (AvgIpc) is 2.51. The van der Waals surface area contributed by atoms with E-state index in [-0.39, 0.29) is 6.10 Å². The van der Waals surface area contributed by atoms with Gasteiger partial charge < -0.3 is 15.3 Å². The molecule has 9 heteroatoms. The van der Waals surface area contributed by atoms with Crippen molar-refractivity contribution in [2.45, 2.75) is 44.6 Å². The van der Waals surface area contributed by atoms with Crippen LogP contribution in [0.5, 0.6) is 0 Å². The van der Waals surface area contributed by atoms with Crippen LogP contribution in [0.4, 0.5) is 13.2 Å². The molecule has 6 nitrogen and oxygen atoms in total. The van der Waals surface area contributed by atoms with E-state index in [0.29, 0.717) is 18.2 Å². The molecule has 3 N–H and O–H groups in total. The second-order valence-electron chi connectivity index (χ2n) is 5.81. The van der Waals surface area contributed by atoms with Crippen LogP contribution in [-0.2, 0) is 11.3 Å². The van der Waals surface area contributed by atoms with Crippen LogP contribution < -0.4 is 0 Å². The molecule has 1 aromatic carbocycles. The van der Waals surface area contributed by atoms with Crippen molar-refractivity contribution in [3.63, 3.8) is 0 Å². The molecule has 2 atom stereocenters. The maximum Gasteiger partial charge on any atom is 0.490 e. The molecular formula is C16H20F3NO5. The number of likely N-dealkylation sites (tertiary alicyclic amines) is 1. The van der Waals surface area contributed by atoms with Crippen molar-refractivity contribution in [2.75, 3.05) is 6.54 Å². The summed E-state index contributed by atoms with van der Waals surface area (Å²) in [6, 6.07) is 7.41. The molecule has 0 radical (unpaired) electrons. The van der Waals surface area contributed by atoms with Gasteiger partial charge in [-0.2, -0.15) is 13.2 Å². The second-order valence-corrected chi connectivity index (χ2v) is 5.81. The van der Waals surface area contributed by atoms with Gasteiger partial charge in [0.15, 0.2) is 0 Å². The number of alkyl halides is 3. The van der Waals surface area contributed by atoms with Crippen LogP contribution in [0.25, 0.3) is 0 Å². The van der Waals surface area contributed by atoms with Crippen molar-refractivity contribution < 1.29 is 38.1 Å². The fraction of sp³-hybridized carbons (Fsp3) is 0.500. The van der Waals surface area contributed by atoms with Gasteiger partial charge in [0.2, 0.25) is 0 Å². The van der Waals surface area contributed by atoms with E-state index in [1.807, 2.05) is 12.1 Å². The van der Waals surface area contributed by atoms with Gasteiger partial charge in [0.05, 0.1) is 11.7 Å². The van der Waals surface area contributed by atoms with Crippen LogP contribution in [-0.4, -0.2) is 57.0 Å². The van der Waals surface area contributed by atoms with E-state index >= 15 is 0 Å². The number of aliphatic hydroxyl groups excluding tert-OH is 1. The van der Waals surface area contributed by atoms with E-state index in [2.05, 4.69) is 11.8 Å². The molecule has 1 aliphatic heterocycles. The summed E-state index contributed by atoms with van der Waals surface area (Å²) in [4.78, 5) is 21.9. The monoisotopic (exact) mass is 363 g/mol. The minimum absolute atomic E-state index is 0.237. The van der Waals surface area contributed by atoms with Crippen LogP contribution in [0, 0.1) is 0 Å². The number of aromatic carboxylic acids is 1. The molecule has 0 spiro atoms. The molecule has 2 rings (SSSR count). The molecule has 0 saturated carbocycles. The molecule has 25 heavy (non-hydrogen) atoms. The first kappa shape index (κ1) is 20.9. The standard InChI is InChI=1S/C14H19NO3.C2HF3O2/c1-10-2-7-13(16)9-15(10)8-11-3-5-12(6-4-11)14(17)18;3-2(4,5)1(6)7/h3-6,10,13,16H,2,7-9H2,1H3,(H,17,18);(H,6,7)/t10-,13-;/m1./s1. The Morgan fingerprint density at radius 1 is 1.16 bits per heavy atom. The Morgan fingerprint density at radius 2 is 1.68 bits per heavy atom. The van der Waals surface area contributed by atoms with Crippen molar-refractivity contribution >= 4 is 11.9 Å². The highest BCUT2D eigenvalue weighted by Crippen LogP contribution is 2.19. The molecule has 1 saturated heterocycles. The zero-order chi connectivity index (χ0) is 19.2. The maximum absolute atomic E-state index is 10.8. The SMILES string of the molecule is C[C@@H]1CC[C@@H](O)CN1Cc1ccc(C(=O)O)cc1.O=C(O)C(F)(F)F. The first-order chi connectivity index (χ1) is 11.5. The lowest BCUT2D eigenvalue weighted by molar-refractivity contribution is -0.192. The average molecular weight is 363 g/mol. The molecule has 140 valence electrons. The molecule has 1 fully saturated rings. The zero-order valence-electron chi connectivity index (χ0n) is 13.5. The first-order valence-electron chi connectivity index (χ1n) is 7.55. The third-order valence-electron chi connectivity index (χ3n) is 3.82. The number of hydrogen-bond acceptors (Lipinski definition) is 4. The van der Waals surface area contributed by atoms with Crippen molar-refractivity contribution in [3.05, 3.63) is 35.4 Å². The van der Waals surface area contributed by atoms with Gasteiger partial charge in [-0.1, -0.05) is 12.1 Å². The van der Waals surface area contributed by atoms with Crippen LogP contribution in [0.3, 0.4) is 0 Å². The fourth-order valence-electron chi connectivity index (χ4n) is 2.37. The van der Waals surface area contributed by atoms with Crippen LogP contribution >= 0.6 is 0 Å². The number of rotatable bonds is 3. The molecule has 1 aliphatic rings. The number of carboxylic acid groups (broad SMARTS) is 2. The van der Waals surface area contributed by atoms with Crippen molar-refractivity contribution in [1.29, 1.82) is 0 Å². The van der Waals surface area contributed by atoms with Crippen LogP contribution in [0.15, 0.2) is 24.3 Å². The van der Waals surface area contributed by atoms with Crippen molar-refractivity contribution in [1.82, 2.24) is 4.90 Å². The number of β-amino-alcohol motifs (C(OH)–C–C–N with tert-alkyl or cyclic N) is 1. The number of halogens is 3. The topological polar surface area (TPSA) is 98.1 Å². The Hall–Kier alpha value is -2.13. The van der Waals surface area contributed by atoms with E-state index in [0.717, 1.165) is 24.9 Å². The maximum atomic E-state index is 10.8. The predicted molar refractivity (Wildman–Crippen MR) is 82.2 cm³/mol. The summed E-state index contributed by atoms with van der Waals surface area (Å²) in [6.07, 6.45) is -3.44. The zero-order valence-corrected chi connectivity index (χ0v) is 13.5. The van der Waals surface area contributed by atoms with Gasteiger partial charge in [-0.3, -0.25) is 4.90 Å². The van der Waals surface area contributed by atoms with Gasteiger partial charge in [0.25, 0.3) is 0 Å². The minimum Gasteiger partial charge on any atom is -0.478 e. The summed E-state index contributed by atoms with van der Waals surface area (Å²) in [5.74, 6) is -3.66. The number of nitrogens with zero attached hydrogens (tertiary/aromatic N) is 1. The van der Waals surface area contributed by atoms with Gasteiger partial charge in [-0.25, -0.2) is 9.59 Å². The van der Waals surface area contributed by atoms with E-state index in [9.17, 15) is 23.1 Å². The van der Waals surface area contributed by atoms with Gasteiger partial charge in [0, 0.05) is 19.1 Å². The number of carbonyl (C=O) groups is 2. The van der Waals surface area contributed by atoms with E-state index < -0.39 is 18.1 Å². The van der Waals surface area contributed by atoms with E-state index in [1.54, 1.807) is 12.1 Å². The van der Waals surface area contributed by atoms with Gasteiger partial charge in [-0.05, 0) is 37.5 Å². The molecule has 0 amide bonds. The summed E-state index contributed by atoms with van der Waals surface area (Å²) in [5.41, 5.74) is 1.39. The second kappa shape index (κ2) is 8.82. The number of piperidine rings is 1. The highest BCUT2D eigenvalue weighted by atomic mass is 19.4. The number of benzene rings is 1. The summed E-state index contributed by atoms with van der Waals surface area (Å²) in [6.45, 7) is 3.62. The smallest absolute Gasteiger partial charge is 0.478 e. The lowest BCUT2D eigenvalue weighted by atomic mass is 10.0. The highest BCUT2D eigenvalue weighted by Gasteiger charge is 2.38. The molecule has 0 aliphatic carbocycles. The van der Waals surface area contributed by atoms with E-state index in [4.69, 9.17) is 15.0 Å². The van der Waals surface area contributed by atoms with Crippen LogP contribution in [0.2, 0.25) is 0 Å². The summed E-state index contributed by atoms with van der Waals surface area (Å²) in [5, 5.41) is 25.6. The Bertz CT molecular complexity index is 588. The largest absolute Gasteiger partial charge is 0.490 e. The van der Waals surface area contributed by atoms with Gasteiger partial charge in [0.1, 0.15) is 0 Å². The predicted octanol–water partition coefficient (Wildman–Crippen LogP) is 2.36. The van der Waals surface area contributed by atoms with Gasteiger partial charge >= 0.3 is 18.1 Å². The molecule has 0 aromatic heterocycles. The third-order valence-corrected chi connectivity index (χ3v) is 3.82. The number of carboxylic acids is 2. The van der Waals surface area contributed by atoms with Gasteiger partial charge in [-0.15, -0.1) is 0 Å². The molecule has 0 bridgehead atoms. The normalized spacial score (nSPS) is 21.2.